The molecule has 0 aliphatic rings. The van der Waals surface area contributed by atoms with Crippen molar-refractivity contribution in [2.45, 2.75) is 6.54 Å². The lowest BCUT2D eigenvalue weighted by atomic mass is 10.1. The fourth-order valence-electron chi connectivity index (χ4n) is 2.68. The second-order valence-electron chi connectivity index (χ2n) is 5.28. The molecule has 5 nitrogen and oxygen atoms in total. The van der Waals surface area contributed by atoms with Crippen LogP contribution in [0.1, 0.15) is 11.1 Å². The van der Waals surface area contributed by atoms with Crippen molar-refractivity contribution in [3.05, 3.63) is 53.9 Å². The van der Waals surface area contributed by atoms with Crippen molar-refractivity contribution in [2.24, 2.45) is 0 Å². The Hall–Kier alpha value is -3.09. The minimum absolute atomic E-state index is 0.107. The number of aromatic amines is 1. The Balaban J connectivity index is 1.98. The molecule has 0 atom stereocenters. The summed E-state index contributed by atoms with van der Waals surface area (Å²) in [5.74, 6) is -1.86. The van der Waals surface area contributed by atoms with Gasteiger partial charge >= 0.3 is 0 Å². The zero-order valence-electron chi connectivity index (χ0n) is 13.8. The van der Waals surface area contributed by atoms with Gasteiger partial charge in [0, 0.05) is 30.4 Å². The number of hydrogen-bond donors (Lipinski definition) is 2. The molecule has 0 spiro atoms. The molecule has 0 aliphatic heterocycles. The van der Waals surface area contributed by atoms with E-state index in [0.717, 1.165) is 22.2 Å². The first-order valence-corrected chi connectivity index (χ1v) is 7.52. The lowest BCUT2D eigenvalue weighted by molar-refractivity contribution is 0.360. The van der Waals surface area contributed by atoms with Crippen LogP contribution < -0.4 is 14.8 Å². The van der Waals surface area contributed by atoms with Crippen LogP contribution in [0.5, 0.6) is 11.5 Å². The predicted molar refractivity (Wildman–Crippen MR) is 93.0 cm³/mol. The van der Waals surface area contributed by atoms with Gasteiger partial charge in [0.05, 0.1) is 14.2 Å². The number of nitrogens with zero attached hydrogens (tertiary/aromatic N) is 1. The number of pyridine rings is 1. The van der Waals surface area contributed by atoms with Crippen LogP contribution in [0.2, 0.25) is 0 Å². The molecular formula is C18H17F2N3O2. The van der Waals surface area contributed by atoms with Crippen LogP contribution in [-0.2, 0) is 6.54 Å². The van der Waals surface area contributed by atoms with E-state index in [4.69, 9.17) is 9.47 Å². The summed E-state index contributed by atoms with van der Waals surface area (Å²) in [5.41, 5.74) is 2.00. The Labute approximate surface area is 143 Å². The molecule has 25 heavy (non-hydrogen) atoms. The van der Waals surface area contributed by atoms with Gasteiger partial charge in [-0.1, -0.05) is 12.7 Å². The third kappa shape index (κ3) is 2.88. The number of H-pyrrole nitrogens is 1. The first kappa shape index (κ1) is 16.8. The van der Waals surface area contributed by atoms with Crippen LogP contribution in [0.3, 0.4) is 0 Å². The van der Waals surface area contributed by atoms with E-state index in [1.165, 1.54) is 20.3 Å². The van der Waals surface area contributed by atoms with Crippen LogP contribution in [0.4, 0.5) is 14.5 Å². The molecule has 0 saturated heterocycles. The van der Waals surface area contributed by atoms with Crippen molar-refractivity contribution in [2.75, 3.05) is 19.5 Å². The van der Waals surface area contributed by atoms with E-state index in [0.29, 0.717) is 0 Å². The number of rotatable bonds is 6. The lowest BCUT2D eigenvalue weighted by Gasteiger charge is -2.15. The number of nitrogens with one attached hydrogen (secondary N) is 2. The number of ether oxygens (including phenoxy) is 2. The van der Waals surface area contributed by atoms with Crippen molar-refractivity contribution in [1.82, 2.24) is 9.97 Å². The van der Waals surface area contributed by atoms with Gasteiger partial charge in [-0.2, -0.15) is 0 Å². The molecule has 0 fully saturated rings. The molecule has 0 radical (unpaired) electrons. The normalized spacial score (nSPS) is 10.7. The standard InChI is InChI=1S/C18H17F2N3O2/c1-4-11-10(9-23-18-12(11)5-6-21-18)8-22-17-15(19)13(24-2)7-14(25-3)16(17)20/h4-7,9,22H,1,8H2,2-3H3,(H,21,23). The topological polar surface area (TPSA) is 59.2 Å². The molecule has 0 amide bonds. The largest absolute Gasteiger partial charge is 0.493 e. The molecule has 3 aromatic rings. The number of anilines is 1. The van der Waals surface area contributed by atoms with E-state index in [1.54, 1.807) is 18.5 Å². The number of halogens is 2. The van der Waals surface area contributed by atoms with Crippen LogP contribution in [-0.4, -0.2) is 24.2 Å². The van der Waals surface area contributed by atoms with Gasteiger partial charge in [-0.05, 0) is 17.2 Å². The fourth-order valence-corrected chi connectivity index (χ4v) is 2.68. The van der Waals surface area contributed by atoms with E-state index in [9.17, 15) is 8.78 Å². The average Bonchev–Trinajstić information content (AvgIpc) is 3.10. The third-order valence-corrected chi connectivity index (χ3v) is 3.94. The maximum atomic E-state index is 14.4. The zero-order chi connectivity index (χ0) is 18.0. The molecule has 3 rings (SSSR count). The van der Waals surface area contributed by atoms with Crippen molar-refractivity contribution < 1.29 is 18.3 Å². The maximum absolute atomic E-state index is 14.4. The molecule has 0 saturated carbocycles. The first-order chi connectivity index (χ1) is 12.1. The second-order valence-corrected chi connectivity index (χ2v) is 5.28. The van der Waals surface area contributed by atoms with Gasteiger partial charge in [0.15, 0.2) is 23.1 Å². The van der Waals surface area contributed by atoms with Gasteiger partial charge in [-0.3, -0.25) is 0 Å². The van der Waals surface area contributed by atoms with Gasteiger partial charge in [-0.15, -0.1) is 0 Å². The van der Waals surface area contributed by atoms with Crippen LogP contribution >= 0.6 is 0 Å². The molecule has 130 valence electrons. The number of benzene rings is 1. The SMILES string of the molecule is C=Cc1c(CNc2c(F)c(OC)cc(OC)c2F)cnc2[nH]ccc12. The summed E-state index contributed by atoms with van der Waals surface area (Å²) in [6.07, 6.45) is 5.10. The summed E-state index contributed by atoms with van der Waals surface area (Å²) in [7, 11) is 2.61. The quantitative estimate of drug-likeness (QED) is 0.706. The summed E-state index contributed by atoms with van der Waals surface area (Å²) in [5, 5.41) is 3.66. The third-order valence-electron chi connectivity index (χ3n) is 3.94. The molecule has 0 bridgehead atoms. The minimum Gasteiger partial charge on any atom is -0.493 e. The summed E-state index contributed by atoms with van der Waals surface area (Å²) in [4.78, 5) is 7.31. The molecule has 2 aromatic heterocycles. The zero-order valence-corrected chi connectivity index (χ0v) is 13.8. The number of hydrogen-bond acceptors (Lipinski definition) is 4. The lowest BCUT2D eigenvalue weighted by Crippen LogP contribution is -2.08. The van der Waals surface area contributed by atoms with Gasteiger partial charge in [-0.25, -0.2) is 13.8 Å². The molecule has 2 N–H and O–H groups in total. The van der Waals surface area contributed by atoms with E-state index in [-0.39, 0.29) is 23.7 Å². The van der Waals surface area contributed by atoms with Gasteiger partial charge in [0.25, 0.3) is 0 Å². The highest BCUT2D eigenvalue weighted by molar-refractivity contribution is 5.87. The first-order valence-electron chi connectivity index (χ1n) is 7.52. The Morgan fingerprint density at radius 1 is 1.24 bits per heavy atom. The maximum Gasteiger partial charge on any atom is 0.191 e. The second kappa shape index (κ2) is 6.80. The molecule has 7 heteroatoms. The Bertz CT molecular complexity index is 909. The van der Waals surface area contributed by atoms with E-state index in [2.05, 4.69) is 21.9 Å². The molecule has 0 unspecified atom stereocenters. The van der Waals surface area contributed by atoms with E-state index in [1.807, 2.05) is 6.07 Å². The van der Waals surface area contributed by atoms with Gasteiger partial charge in [0.1, 0.15) is 11.3 Å². The monoisotopic (exact) mass is 345 g/mol. The molecule has 2 heterocycles. The van der Waals surface area contributed by atoms with Crippen LogP contribution in [0.25, 0.3) is 17.1 Å². The predicted octanol–water partition coefficient (Wildman–Crippen LogP) is 4.11. The van der Waals surface area contributed by atoms with Gasteiger partial charge in [0.2, 0.25) is 0 Å². The Morgan fingerprint density at radius 2 is 1.92 bits per heavy atom. The molecule has 0 aliphatic carbocycles. The molecular weight excluding hydrogens is 328 g/mol. The Kier molecular flexibility index (Phi) is 4.56. The summed E-state index contributed by atoms with van der Waals surface area (Å²) in [6.45, 7) is 3.96. The number of fused-ring (bicyclic) bond motifs is 1. The highest BCUT2D eigenvalue weighted by atomic mass is 19.1. The average molecular weight is 345 g/mol. The van der Waals surface area contributed by atoms with Gasteiger partial charge < -0.3 is 19.8 Å². The van der Waals surface area contributed by atoms with E-state index < -0.39 is 11.6 Å². The smallest absolute Gasteiger partial charge is 0.191 e. The van der Waals surface area contributed by atoms with Crippen LogP contribution in [0, 0.1) is 11.6 Å². The Morgan fingerprint density at radius 3 is 2.52 bits per heavy atom. The number of aromatic nitrogens is 2. The fraction of sp³-hybridized carbons (Fsp3) is 0.167. The summed E-state index contributed by atoms with van der Waals surface area (Å²) < 4.78 is 38.7. The highest BCUT2D eigenvalue weighted by Crippen LogP contribution is 2.35. The highest BCUT2D eigenvalue weighted by Gasteiger charge is 2.20. The summed E-state index contributed by atoms with van der Waals surface area (Å²) in [6, 6.07) is 3.04. The van der Waals surface area contributed by atoms with E-state index >= 15 is 0 Å². The number of methoxy groups -OCH3 is 2. The van der Waals surface area contributed by atoms with Crippen molar-refractivity contribution in [1.29, 1.82) is 0 Å². The summed E-state index contributed by atoms with van der Waals surface area (Å²) >= 11 is 0. The van der Waals surface area contributed by atoms with Crippen molar-refractivity contribution in [3.8, 4) is 11.5 Å². The minimum atomic E-state index is -0.823. The van der Waals surface area contributed by atoms with Crippen molar-refractivity contribution >= 4 is 22.8 Å². The molecule has 1 aromatic carbocycles. The van der Waals surface area contributed by atoms with Crippen LogP contribution in [0.15, 0.2) is 31.1 Å². The van der Waals surface area contributed by atoms with Crippen molar-refractivity contribution in [3.63, 3.8) is 0 Å².